The van der Waals surface area contributed by atoms with Gasteiger partial charge in [-0.15, -0.1) is 0 Å². The molecule has 5 heteroatoms. The van der Waals surface area contributed by atoms with Crippen LogP contribution in [0.4, 0.5) is 0 Å². The van der Waals surface area contributed by atoms with Gasteiger partial charge in [-0.1, -0.05) is 0 Å². The lowest BCUT2D eigenvalue weighted by Crippen LogP contribution is -2.19. The van der Waals surface area contributed by atoms with Gasteiger partial charge in [0.15, 0.2) is 11.5 Å². The van der Waals surface area contributed by atoms with Crippen LogP contribution in [0.5, 0.6) is 23.0 Å². The van der Waals surface area contributed by atoms with Crippen molar-refractivity contribution in [3.05, 3.63) is 34.9 Å². The molecule has 3 N–H and O–H groups in total. The first-order valence-electron chi connectivity index (χ1n) is 6.74. The van der Waals surface area contributed by atoms with Gasteiger partial charge in [-0.2, -0.15) is 0 Å². The topological polar surface area (TPSA) is 79.2 Å². The zero-order valence-electron chi connectivity index (χ0n) is 11.4. The Morgan fingerprint density at radius 2 is 1.81 bits per heavy atom. The number of hydrogen-bond acceptors (Lipinski definition) is 5. The van der Waals surface area contributed by atoms with Crippen molar-refractivity contribution in [1.29, 1.82) is 0 Å². The van der Waals surface area contributed by atoms with E-state index in [9.17, 15) is 15.3 Å². The van der Waals surface area contributed by atoms with E-state index in [1.54, 1.807) is 12.1 Å². The first-order valence-corrected chi connectivity index (χ1v) is 6.74. The maximum atomic E-state index is 10.3. The SMILES string of the molecule is COc1c(O)cc2c3c1C(O)Oc1cc(O)cc(c1-3)CC2. The largest absolute Gasteiger partial charge is 0.508 e. The molecule has 0 radical (unpaired) electrons. The number of methoxy groups -OCH3 is 1. The number of aromatic hydroxyl groups is 2. The summed E-state index contributed by atoms with van der Waals surface area (Å²) in [6.07, 6.45) is 0.234. The summed E-state index contributed by atoms with van der Waals surface area (Å²) in [7, 11) is 1.45. The highest BCUT2D eigenvalue weighted by atomic mass is 16.6. The van der Waals surface area contributed by atoms with Crippen LogP contribution in [0, 0.1) is 0 Å². The molecule has 0 fully saturated rings. The van der Waals surface area contributed by atoms with Gasteiger partial charge in [0, 0.05) is 17.2 Å². The molecule has 4 rings (SSSR count). The molecule has 0 saturated heterocycles. The Hall–Kier alpha value is -2.40. The number of aliphatic hydroxyl groups is 1. The molecular formula is C16H14O5. The molecule has 1 atom stereocenters. The smallest absolute Gasteiger partial charge is 0.228 e. The molecule has 21 heavy (non-hydrogen) atoms. The highest BCUT2D eigenvalue weighted by Crippen LogP contribution is 2.54. The molecular weight excluding hydrogens is 272 g/mol. The van der Waals surface area contributed by atoms with Crippen molar-refractivity contribution in [3.8, 4) is 34.1 Å². The average Bonchev–Trinajstić information content (AvgIpc) is 2.44. The Bertz CT molecular complexity index is 766. The number of benzene rings is 2. The number of rotatable bonds is 1. The van der Waals surface area contributed by atoms with Crippen molar-refractivity contribution in [2.45, 2.75) is 19.1 Å². The van der Waals surface area contributed by atoms with Crippen molar-refractivity contribution in [3.63, 3.8) is 0 Å². The molecule has 0 spiro atoms. The van der Waals surface area contributed by atoms with Crippen LogP contribution in [0.2, 0.25) is 0 Å². The number of phenolic OH excluding ortho intramolecular Hbond substituents is 2. The molecule has 0 saturated carbocycles. The molecule has 1 aliphatic heterocycles. The van der Waals surface area contributed by atoms with E-state index in [1.165, 1.54) is 13.2 Å². The molecule has 0 aromatic heterocycles. The van der Waals surface area contributed by atoms with Crippen LogP contribution in [0.1, 0.15) is 23.0 Å². The van der Waals surface area contributed by atoms with Crippen LogP contribution in [-0.2, 0) is 12.8 Å². The third kappa shape index (κ3) is 1.55. The zero-order chi connectivity index (χ0) is 14.7. The van der Waals surface area contributed by atoms with Gasteiger partial charge >= 0.3 is 0 Å². The van der Waals surface area contributed by atoms with Gasteiger partial charge in [0.25, 0.3) is 0 Å². The second-order valence-electron chi connectivity index (χ2n) is 5.32. The fourth-order valence-electron chi connectivity index (χ4n) is 3.35. The molecule has 5 nitrogen and oxygen atoms in total. The van der Waals surface area contributed by atoms with Crippen molar-refractivity contribution in [1.82, 2.24) is 0 Å². The number of hydrogen-bond donors (Lipinski definition) is 3. The quantitative estimate of drug-likeness (QED) is 0.749. The van der Waals surface area contributed by atoms with Crippen LogP contribution in [0.25, 0.3) is 11.1 Å². The summed E-state index contributed by atoms with van der Waals surface area (Å²) < 4.78 is 10.7. The number of phenols is 2. The first-order chi connectivity index (χ1) is 10.1. The second kappa shape index (κ2) is 4.05. The summed E-state index contributed by atoms with van der Waals surface area (Å²) in [4.78, 5) is 0. The predicted octanol–water partition coefficient (Wildman–Crippen LogP) is 2.26. The summed E-state index contributed by atoms with van der Waals surface area (Å²) in [5, 5.41) is 30.1. The molecule has 0 amide bonds. The van der Waals surface area contributed by atoms with E-state index in [-0.39, 0.29) is 17.2 Å². The lowest BCUT2D eigenvalue weighted by atomic mass is 9.80. The molecule has 2 aromatic carbocycles. The van der Waals surface area contributed by atoms with Crippen LogP contribution < -0.4 is 9.47 Å². The minimum atomic E-state index is -1.24. The first kappa shape index (κ1) is 12.3. The lowest BCUT2D eigenvalue weighted by molar-refractivity contribution is -0.0234. The lowest BCUT2D eigenvalue weighted by Gasteiger charge is -2.33. The normalized spacial score (nSPS) is 17.9. The van der Waals surface area contributed by atoms with E-state index in [2.05, 4.69) is 0 Å². The highest BCUT2D eigenvalue weighted by molar-refractivity contribution is 5.86. The minimum absolute atomic E-state index is 0.000390. The molecule has 1 unspecified atom stereocenters. The Labute approximate surface area is 121 Å². The number of aliphatic hydroxyl groups excluding tert-OH is 1. The monoisotopic (exact) mass is 286 g/mol. The maximum absolute atomic E-state index is 10.3. The fourth-order valence-corrected chi connectivity index (χ4v) is 3.35. The van der Waals surface area contributed by atoms with Crippen LogP contribution in [0.15, 0.2) is 18.2 Å². The third-order valence-electron chi connectivity index (χ3n) is 4.15. The van der Waals surface area contributed by atoms with Gasteiger partial charge in [-0.05, 0) is 36.1 Å². The Morgan fingerprint density at radius 1 is 1.10 bits per heavy atom. The second-order valence-corrected chi connectivity index (χ2v) is 5.32. The molecule has 1 heterocycles. The van der Waals surface area contributed by atoms with E-state index in [0.717, 1.165) is 35.1 Å². The van der Waals surface area contributed by atoms with E-state index >= 15 is 0 Å². The van der Waals surface area contributed by atoms with Crippen LogP contribution in [-0.4, -0.2) is 22.4 Å². The van der Waals surface area contributed by atoms with Gasteiger partial charge in [0.05, 0.1) is 12.7 Å². The molecule has 1 aliphatic carbocycles. The molecule has 2 aromatic rings. The van der Waals surface area contributed by atoms with Crippen molar-refractivity contribution in [2.75, 3.05) is 7.11 Å². The maximum Gasteiger partial charge on any atom is 0.228 e. The standard InChI is InChI=1S/C16H14O5/c1-20-15-10(18)5-8-3-2-7-4-9(17)6-11-12(7)13(8)14(15)16(19)21-11/h4-6,16-19H,2-3H2,1H3. The van der Waals surface area contributed by atoms with Gasteiger partial charge in [-0.25, -0.2) is 0 Å². The van der Waals surface area contributed by atoms with E-state index in [4.69, 9.17) is 9.47 Å². The Balaban J connectivity index is 2.13. The van der Waals surface area contributed by atoms with Crippen LogP contribution >= 0.6 is 0 Å². The minimum Gasteiger partial charge on any atom is -0.508 e. The zero-order valence-corrected chi connectivity index (χ0v) is 11.4. The van der Waals surface area contributed by atoms with E-state index in [1.807, 2.05) is 0 Å². The molecule has 108 valence electrons. The van der Waals surface area contributed by atoms with Gasteiger partial charge in [0.2, 0.25) is 6.29 Å². The predicted molar refractivity (Wildman–Crippen MR) is 74.8 cm³/mol. The van der Waals surface area contributed by atoms with Gasteiger partial charge in [0.1, 0.15) is 11.5 Å². The van der Waals surface area contributed by atoms with E-state index < -0.39 is 6.29 Å². The summed E-state index contributed by atoms with van der Waals surface area (Å²) in [6, 6.07) is 4.89. The summed E-state index contributed by atoms with van der Waals surface area (Å²) in [5.74, 6) is 0.805. The fraction of sp³-hybridized carbons (Fsp3) is 0.250. The van der Waals surface area contributed by atoms with Crippen molar-refractivity contribution >= 4 is 0 Å². The van der Waals surface area contributed by atoms with Crippen LogP contribution in [0.3, 0.4) is 0 Å². The molecule has 0 bridgehead atoms. The number of ether oxygens (including phenoxy) is 2. The highest BCUT2D eigenvalue weighted by Gasteiger charge is 2.35. The number of aryl methyl sites for hydroxylation is 2. The van der Waals surface area contributed by atoms with Gasteiger partial charge in [-0.3, -0.25) is 0 Å². The third-order valence-corrected chi connectivity index (χ3v) is 4.15. The summed E-state index contributed by atoms with van der Waals surface area (Å²) in [6.45, 7) is 0. The molecule has 2 aliphatic rings. The summed E-state index contributed by atoms with van der Waals surface area (Å²) in [5.41, 5.74) is 4.09. The van der Waals surface area contributed by atoms with Crippen molar-refractivity contribution in [2.24, 2.45) is 0 Å². The van der Waals surface area contributed by atoms with Crippen molar-refractivity contribution < 1.29 is 24.8 Å². The van der Waals surface area contributed by atoms with E-state index in [0.29, 0.717) is 11.3 Å². The average molecular weight is 286 g/mol. The van der Waals surface area contributed by atoms with Gasteiger partial charge < -0.3 is 24.8 Å². The summed E-state index contributed by atoms with van der Waals surface area (Å²) >= 11 is 0. The Morgan fingerprint density at radius 3 is 2.52 bits per heavy atom. The Kier molecular flexibility index (Phi) is 2.38.